The number of rotatable bonds is 4. The second-order valence-electron chi connectivity index (χ2n) is 5.88. The van der Waals surface area contributed by atoms with Gasteiger partial charge in [-0.3, -0.25) is 0 Å². The Kier molecular flexibility index (Phi) is 4.68. The zero-order chi connectivity index (χ0) is 18.6. The average molecular weight is 374 g/mol. The average Bonchev–Trinajstić information content (AvgIpc) is 3.04. The Hall–Kier alpha value is -3.44. The first kappa shape index (κ1) is 17.0. The molecule has 0 aliphatic carbocycles. The van der Waals surface area contributed by atoms with E-state index in [1.807, 2.05) is 84.9 Å². The zero-order valence-electron chi connectivity index (χ0n) is 14.3. The molecule has 5 nitrogen and oxygen atoms in total. The van der Waals surface area contributed by atoms with Gasteiger partial charge in [0.05, 0.1) is 11.4 Å². The van der Waals surface area contributed by atoms with Crippen LogP contribution in [0, 0.1) is 0 Å². The fourth-order valence-corrected chi connectivity index (χ4v) is 2.91. The monoisotopic (exact) mass is 373 g/mol. The number of nitrogens with two attached hydrogens (primary N) is 1. The van der Waals surface area contributed by atoms with Gasteiger partial charge in [0.2, 0.25) is 0 Å². The molecule has 0 fully saturated rings. The topological polar surface area (TPSA) is 68.6 Å². The van der Waals surface area contributed by atoms with Crippen molar-refractivity contribution in [2.24, 2.45) is 10.2 Å². The molecule has 0 radical (unpaired) electrons. The number of halogens is 1. The summed E-state index contributed by atoms with van der Waals surface area (Å²) in [5.74, 6) is 0.413. The Morgan fingerprint density at radius 1 is 0.815 bits per heavy atom. The third-order valence-corrected chi connectivity index (χ3v) is 4.25. The normalized spacial score (nSPS) is 11.1. The van der Waals surface area contributed by atoms with Crippen molar-refractivity contribution in [3.8, 4) is 16.9 Å². The third kappa shape index (κ3) is 3.59. The Morgan fingerprint density at radius 3 is 2.22 bits per heavy atom. The fraction of sp³-hybridized carbons (Fsp3) is 0. The molecule has 2 N–H and O–H groups in total. The predicted molar refractivity (Wildman–Crippen MR) is 109 cm³/mol. The lowest BCUT2D eigenvalue weighted by atomic mass is 10.1. The molecule has 3 aromatic carbocycles. The van der Waals surface area contributed by atoms with E-state index in [1.54, 1.807) is 4.68 Å². The summed E-state index contributed by atoms with van der Waals surface area (Å²) in [6.45, 7) is 0. The van der Waals surface area contributed by atoms with Gasteiger partial charge < -0.3 is 5.73 Å². The molecule has 0 bridgehead atoms. The van der Waals surface area contributed by atoms with E-state index < -0.39 is 0 Å². The number of benzene rings is 3. The zero-order valence-corrected chi connectivity index (χ0v) is 15.1. The van der Waals surface area contributed by atoms with Crippen molar-refractivity contribution >= 4 is 28.8 Å². The molecule has 1 heterocycles. The summed E-state index contributed by atoms with van der Waals surface area (Å²) < 4.78 is 1.66. The van der Waals surface area contributed by atoms with Gasteiger partial charge in [0.1, 0.15) is 5.69 Å². The van der Waals surface area contributed by atoms with Crippen molar-refractivity contribution in [3.63, 3.8) is 0 Å². The highest BCUT2D eigenvalue weighted by Gasteiger charge is 2.18. The van der Waals surface area contributed by atoms with Gasteiger partial charge in [-0.2, -0.15) is 10.2 Å². The van der Waals surface area contributed by atoms with Crippen molar-refractivity contribution < 1.29 is 0 Å². The van der Waals surface area contributed by atoms with Gasteiger partial charge in [0.25, 0.3) is 0 Å². The number of hydrogen-bond donors (Lipinski definition) is 1. The summed E-state index contributed by atoms with van der Waals surface area (Å²) in [5, 5.41) is 14.0. The lowest BCUT2D eigenvalue weighted by Crippen LogP contribution is -2.01. The lowest BCUT2D eigenvalue weighted by molar-refractivity contribution is 0.895. The van der Waals surface area contributed by atoms with Crippen LogP contribution >= 0.6 is 11.6 Å². The van der Waals surface area contributed by atoms with Gasteiger partial charge in [-0.1, -0.05) is 60.1 Å². The number of aromatic nitrogens is 2. The number of hydrogen-bond acceptors (Lipinski definition) is 4. The maximum absolute atomic E-state index is 6.39. The molecular formula is C21H16ClN5. The number of anilines is 1. The summed E-state index contributed by atoms with van der Waals surface area (Å²) in [6.07, 6.45) is 0. The standard InChI is InChI=1S/C21H16ClN5/c22-16-9-7-8-15(14-16)19-20(25-24-17-10-3-1-4-11-17)21(23)27(26-19)18-12-5-2-6-13-18/h1-14H,23H2. The summed E-state index contributed by atoms with van der Waals surface area (Å²) in [4.78, 5) is 0. The Labute approximate surface area is 161 Å². The molecule has 132 valence electrons. The predicted octanol–water partition coefficient (Wildman–Crippen LogP) is 6.19. The van der Waals surface area contributed by atoms with Gasteiger partial charge in [0, 0.05) is 10.6 Å². The Morgan fingerprint density at radius 2 is 1.52 bits per heavy atom. The first-order valence-corrected chi connectivity index (χ1v) is 8.77. The third-order valence-electron chi connectivity index (χ3n) is 4.02. The highest BCUT2D eigenvalue weighted by Crippen LogP contribution is 2.38. The molecule has 1 aromatic heterocycles. The molecule has 4 rings (SSSR count). The summed E-state index contributed by atoms with van der Waals surface area (Å²) in [5.41, 5.74) is 9.93. The second-order valence-corrected chi connectivity index (χ2v) is 6.31. The highest BCUT2D eigenvalue weighted by molar-refractivity contribution is 6.30. The van der Waals surface area contributed by atoms with E-state index in [9.17, 15) is 0 Å². The molecule has 0 aliphatic rings. The molecule has 6 heteroatoms. The molecular weight excluding hydrogens is 358 g/mol. The van der Waals surface area contributed by atoms with Crippen molar-refractivity contribution in [1.82, 2.24) is 9.78 Å². The van der Waals surface area contributed by atoms with Crippen LogP contribution in [-0.4, -0.2) is 9.78 Å². The molecule has 0 saturated heterocycles. The molecule has 0 atom stereocenters. The molecule has 0 amide bonds. The van der Waals surface area contributed by atoms with E-state index in [4.69, 9.17) is 17.3 Å². The molecule has 4 aromatic rings. The quantitative estimate of drug-likeness (QED) is 0.433. The number of nitrogens with zero attached hydrogens (tertiary/aromatic N) is 4. The Balaban J connectivity index is 1.87. The van der Waals surface area contributed by atoms with Crippen molar-refractivity contribution in [1.29, 1.82) is 0 Å². The van der Waals surface area contributed by atoms with Crippen LogP contribution < -0.4 is 5.73 Å². The van der Waals surface area contributed by atoms with Crippen LogP contribution in [0.1, 0.15) is 0 Å². The second kappa shape index (κ2) is 7.43. The van der Waals surface area contributed by atoms with Crippen LogP contribution in [-0.2, 0) is 0 Å². The molecule has 0 aliphatic heterocycles. The summed E-state index contributed by atoms with van der Waals surface area (Å²) in [7, 11) is 0. The minimum atomic E-state index is 0.413. The lowest BCUT2D eigenvalue weighted by Gasteiger charge is -2.02. The van der Waals surface area contributed by atoms with Gasteiger partial charge >= 0.3 is 0 Å². The van der Waals surface area contributed by atoms with E-state index in [2.05, 4.69) is 15.3 Å². The van der Waals surface area contributed by atoms with Gasteiger partial charge in [-0.15, -0.1) is 5.11 Å². The number of nitrogen functional groups attached to an aromatic ring is 1. The molecule has 0 unspecified atom stereocenters. The SMILES string of the molecule is Nc1c(N=Nc2ccccc2)c(-c2cccc(Cl)c2)nn1-c1ccccc1. The van der Waals surface area contributed by atoms with Gasteiger partial charge in [-0.25, -0.2) is 4.68 Å². The number of para-hydroxylation sites is 1. The minimum Gasteiger partial charge on any atom is -0.382 e. The van der Waals surface area contributed by atoms with Crippen LogP contribution in [0.4, 0.5) is 17.2 Å². The smallest absolute Gasteiger partial charge is 0.156 e. The van der Waals surface area contributed by atoms with E-state index in [0.29, 0.717) is 22.2 Å². The van der Waals surface area contributed by atoms with Crippen LogP contribution in [0.15, 0.2) is 95.2 Å². The number of azo groups is 1. The summed E-state index contributed by atoms with van der Waals surface area (Å²) >= 11 is 6.16. The fourth-order valence-electron chi connectivity index (χ4n) is 2.72. The highest BCUT2D eigenvalue weighted by atomic mass is 35.5. The van der Waals surface area contributed by atoms with Crippen LogP contribution in [0.2, 0.25) is 5.02 Å². The van der Waals surface area contributed by atoms with Crippen molar-refractivity contribution in [2.45, 2.75) is 0 Å². The molecule has 0 saturated carbocycles. The minimum absolute atomic E-state index is 0.413. The molecule has 27 heavy (non-hydrogen) atoms. The van der Waals surface area contributed by atoms with Gasteiger partial charge in [-0.05, 0) is 36.4 Å². The summed E-state index contributed by atoms with van der Waals surface area (Å²) in [6, 6.07) is 26.6. The molecule has 0 spiro atoms. The first-order chi connectivity index (χ1) is 13.2. The van der Waals surface area contributed by atoms with E-state index in [0.717, 1.165) is 16.9 Å². The van der Waals surface area contributed by atoms with E-state index in [1.165, 1.54) is 0 Å². The van der Waals surface area contributed by atoms with E-state index in [-0.39, 0.29) is 0 Å². The van der Waals surface area contributed by atoms with Gasteiger partial charge in [0.15, 0.2) is 11.5 Å². The maximum Gasteiger partial charge on any atom is 0.156 e. The van der Waals surface area contributed by atoms with Crippen LogP contribution in [0.3, 0.4) is 0 Å². The maximum atomic E-state index is 6.39. The van der Waals surface area contributed by atoms with E-state index >= 15 is 0 Å². The Bertz CT molecular complexity index is 1090. The van der Waals surface area contributed by atoms with Crippen molar-refractivity contribution in [2.75, 3.05) is 5.73 Å². The van der Waals surface area contributed by atoms with Crippen LogP contribution in [0.25, 0.3) is 16.9 Å². The van der Waals surface area contributed by atoms with Crippen LogP contribution in [0.5, 0.6) is 0 Å². The van der Waals surface area contributed by atoms with Crippen molar-refractivity contribution in [3.05, 3.63) is 90.0 Å². The first-order valence-electron chi connectivity index (χ1n) is 8.39. The largest absolute Gasteiger partial charge is 0.382 e.